The second-order valence-electron chi connectivity index (χ2n) is 8.97. The fraction of sp³-hybridized carbons (Fsp3) is 0.286. The zero-order valence-electron chi connectivity index (χ0n) is 19.3. The summed E-state index contributed by atoms with van der Waals surface area (Å²) in [5.74, 6) is 0.309. The first-order valence-corrected chi connectivity index (χ1v) is 12.0. The number of hydrogen-bond donors (Lipinski definition) is 1. The van der Waals surface area contributed by atoms with E-state index in [1.165, 1.54) is 0 Å². The van der Waals surface area contributed by atoms with Crippen molar-refractivity contribution in [2.45, 2.75) is 24.8 Å². The minimum absolute atomic E-state index is 0.0921. The van der Waals surface area contributed by atoms with Gasteiger partial charge in [-0.25, -0.2) is 4.79 Å². The minimum Gasteiger partial charge on any atom is -0.497 e. The highest BCUT2D eigenvalue weighted by Crippen LogP contribution is 2.51. The predicted octanol–water partition coefficient (Wildman–Crippen LogP) is 5.09. The number of ether oxygens (including phenoxy) is 2. The third-order valence-electron chi connectivity index (χ3n) is 6.84. The lowest BCUT2D eigenvalue weighted by atomic mass is 9.87. The quantitative estimate of drug-likeness (QED) is 0.498. The van der Waals surface area contributed by atoms with Crippen LogP contribution in [0.15, 0.2) is 66.7 Å². The van der Waals surface area contributed by atoms with Crippen LogP contribution >= 0.6 is 11.6 Å². The number of fused-ring (bicyclic) bond motifs is 1. The molecular weight excluding hydrogens is 466 g/mol. The number of carboxylic acid groups (broad SMARTS) is 1. The van der Waals surface area contributed by atoms with Crippen LogP contribution in [0.1, 0.15) is 40.6 Å². The van der Waals surface area contributed by atoms with Gasteiger partial charge in [-0.1, -0.05) is 48.0 Å². The number of amides is 1. The molecule has 1 saturated carbocycles. The van der Waals surface area contributed by atoms with E-state index in [4.69, 9.17) is 26.2 Å². The minimum atomic E-state index is -1.07. The second kappa shape index (κ2) is 9.62. The van der Waals surface area contributed by atoms with Crippen molar-refractivity contribution in [1.29, 1.82) is 0 Å². The number of nitrogens with zero attached hydrogens (tertiary/aromatic N) is 1. The lowest BCUT2D eigenvalue weighted by Gasteiger charge is -2.38. The number of carbonyl (C=O) groups excluding carboxylic acids is 1. The van der Waals surface area contributed by atoms with E-state index >= 15 is 0 Å². The first-order chi connectivity index (χ1) is 17.0. The van der Waals surface area contributed by atoms with Crippen LogP contribution in [-0.2, 0) is 16.0 Å². The van der Waals surface area contributed by atoms with E-state index in [1.807, 2.05) is 47.4 Å². The molecule has 5 rings (SSSR count). The Bertz CT molecular complexity index is 1260. The number of carbonyl (C=O) groups is 2. The molecule has 0 saturated heterocycles. The first kappa shape index (κ1) is 23.2. The second-order valence-corrected chi connectivity index (χ2v) is 9.41. The van der Waals surface area contributed by atoms with Crippen molar-refractivity contribution >= 4 is 23.5 Å². The van der Waals surface area contributed by atoms with Crippen LogP contribution in [0.2, 0.25) is 5.02 Å². The molecule has 0 spiro atoms. The van der Waals surface area contributed by atoms with Crippen LogP contribution < -0.4 is 9.47 Å². The molecule has 180 valence electrons. The van der Waals surface area contributed by atoms with Gasteiger partial charge in [0.05, 0.1) is 13.2 Å². The molecule has 35 heavy (non-hydrogen) atoms. The van der Waals surface area contributed by atoms with Gasteiger partial charge in [-0.05, 0) is 65.8 Å². The van der Waals surface area contributed by atoms with Gasteiger partial charge < -0.3 is 19.5 Å². The van der Waals surface area contributed by atoms with Crippen LogP contribution in [0.25, 0.3) is 0 Å². The van der Waals surface area contributed by atoms with Crippen LogP contribution in [0.3, 0.4) is 0 Å². The maximum Gasteiger partial charge on any atom is 0.341 e. The number of carboxylic acids is 1. The topological polar surface area (TPSA) is 76.1 Å². The fourth-order valence-electron chi connectivity index (χ4n) is 5.04. The van der Waals surface area contributed by atoms with E-state index in [-0.39, 0.29) is 17.7 Å². The van der Waals surface area contributed by atoms with Crippen molar-refractivity contribution in [3.63, 3.8) is 0 Å². The average molecular weight is 492 g/mol. The monoisotopic (exact) mass is 491 g/mol. The molecule has 1 unspecified atom stereocenters. The van der Waals surface area contributed by atoms with Crippen molar-refractivity contribution in [2.75, 3.05) is 20.3 Å². The summed E-state index contributed by atoms with van der Waals surface area (Å²) in [4.78, 5) is 27.0. The summed E-state index contributed by atoms with van der Waals surface area (Å²) in [6, 6.07) is 20.7. The molecule has 0 radical (unpaired) electrons. The molecule has 3 aromatic carbocycles. The molecule has 3 aromatic rings. The Labute approximate surface area is 209 Å². The average Bonchev–Trinajstić information content (AvgIpc) is 3.68. The number of halogens is 1. The van der Waals surface area contributed by atoms with Gasteiger partial charge in [0.25, 0.3) is 0 Å². The Morgan fingerprint density at radius 2 is 1.83 bits per heavy atom. The molecule has 1 aliphatic carbocycles. The largest absolute Gasteiger partial charge is 0.497 e. The lowest BCUT2D eigenvalue weighted by molar-refractivity contribution is -0.139. The molecule has 1 amide bonds. The zero-order chi connectivity index (χ0) is 24.5. The van der Waals surface area contributed by atoms with Crippen LogP contribution in [0.4, 0.5) is 0 Å². The van der Waals surface area contributed by atoms with Crippen molar-refractivity contribution in [2.24, 2.45) is 5.92 Å². The van der Waals surface area contributed by atoms with Gasteiger partial charge in [0, 0.05) is 23.0 Å². The molecule has 3 atom stereocenters. The van der Waals surface area contributed by atoms with Gasteiger partial charge in [0.15, 0.2) is 6.61 Å². The molecule has 1 fully saturated rings. The summed E-state index contributed by atoms with van der Waals surface area (Å²) in [6.07, 6.45) is 1.55. The van der Waals surface area contributed by atoms with E-state index in [2.05, 4.69) is 6.07 Å². The normalized spacial score (nSPS) is 20.6. The Balaban J connectivity index is 1.49. The molecule has 2 aliphatic rings. The summed E-state index contributed by atoms with van der Waals surface area (Å²) >= 11 is 6.37. The fourth-order valence-corrected chi connectivity index (χ4v) is 5.22. The highest BCUT2D eigenvalue weighted by Gasteiger charge is 2.48. The summed E-state index contributed by atoms with van der Waals surface area (Å²) in [5.41, 5.74) is 4.00. The Hall–Kier alpha value is -3.51. The van der Waals surface area contributed by atoms with Gasteiger partial charge in [-0.3, -0.25) is 4.79 Å². The molecular formula is C28H26ClNO5. The van der Waals surface area contributed by atoms with E-state index in [1.54, 1.807) is 25.3 Å². The van der Waals surface area contributed by atoms with Crippen LogP contribution in [0.5, 0.6) is 11.5 Å². The number of methoxy groups -OCH3 is 1. The first-order valence-electron chi connectivity index (χ1n) is 11.6. The number of benzene rings is 3. The predicted molar refractivity (Wildman–Crippen MR) is 132 cm³/mol. The van der Waals surface area contributed by atoms with Gasteiger partial charge in [0.1, 0.15) is 11.5 Å². The van der Waals surface area contributed by atoms with Gasteiger partial charge in [-0.2, -0.15) is 0 Å². The van der Waals surface area contributed by atoms with Crippen molar-refractivity contribution < 1.29 is 24.2 Å². The standard InChI is InChI=1S/C28H26ClNO5/c1-34-20-9-6-18(7-10-20)22-15-23(22)28(33)30-13-12-17-4-2-3-5-21(17)27(30)24-14-19(29)8-11-25(24)35-16-26(31)32/h2-11,14,22-23,27H,12-13,15-16H2,1H3,(H,31,32)/t22-,23+,27?/m0/s1. The number of aliphatic carboxylic acids is 1. The summed E-state index contributed by atoms with van der Waals surface area (Å²) < 4.78 is 10.9. The van der Waals surface area contributed by atoms with Crippen LogP contribution in [0, 0.1) is 5.92 Å². The highest BCUT2D eigenvalue weighted by molar-refractivity contribution is 6.30. The highest BCUT2D eigenvalue weighted by atomic mass is 35.5. The van der Waals surface area contributed by atoms with Crippen molar-refractivity contribution in [3.05, 3.63) is 94.0 Å². The van der Waals surface area contributed by atoms with E-state index in [0.29, 0.717) is 22.9 Å². The summed E-state index contributed by atoms with van der Waals surface area (Å²) in [5, 5.41) is 9.66. The maximum atomic E-state index is 13.9. The smallest absolute Gasteiger partial charge is 0.341 e. The Morgan fingerprint density at radius 3 is 2.57 bits per heavy atom. The molecule has 7 heteroatoms. The molecule has 1 aliphatic heterocycles. The molecule has 0 bridgehead atoms. The maximum absolute atomic E-state index is 13.9. The van der Waals surface area contributed by atoms with Gasteiger partial charge in [0.2, 0.25) is 5.91 Å². The van der Waals surface area contributed by atoms with Crippen molar-refractivity contribution in [3.8, 4) is 11.5 Å². The van der Waals surface area contributed by atoms with E-state index in [0.717, 1.165) is 35.3 Å². The van der Waals surface area contributed by atoms with E-state index < -0.39 is 18.6 Å². The van der Waals surface area contributed by atoms with E-state index in [9.17, 15) is 9.59 Å². The number of rotatable bonds is 7. The third-order valence-corrected chi connectivity index (χ3v) is 7.07. The molecule has 0 aromatic heterocycles. The molecule has 1 heterocycles. The summed E-state index contributed by atoms with van der Waals surface area (Å²) in [6.45, 7) is 0.0936. The van der Waals surface area contributed by atoms with Gasteiger partial charge >= 0.3 is 5.97 Å². The number of hydrogen-bond acceptors (Lipinski definition) is 4. The summed E-state index contributed by atoms with van der Waals surface area (Å²) in [7, 11) is 1.64. The Morgan fingerprint density at radius 1 is 1.06 bits per heavy atom. The van der Waals surface area contributed by atoms with Crippen molar-refractivity contribution in [1.82, 2.24) is 4.90 Å². The molecule has 1 N–H and O–H groups in total. The van der Waals surface area contributed by atoms with Crippen LogP contribution in [-0.4, -0.2) is 42.1 Å². The zero-order valence-corrected chi connectivity index (χ0v) is 20.1. The molecule has 6 nitrogen and oxygen atoms in total. The third kappa shape index (κ3) is 4.71. The van der Waals surface area contributed by atoms with Gasteiger partial charge in [-0.15, -0.1) is 0 Å². The Kier molecular flexibility index (Phi) is 6.39. The lowest BCUT2D eigenvalue weighted by Crippen LogP contribution is -2.41. The SMILES string of the molecule is COc1ccc([C@@H]2C[C@H]2C(=O)N2CCc3ccccc3C2c2cc(Cl)ccc2OCC(=O)O)cc1.